The number of nitrogens with one attached hydrogen (secondary N) is 1. The van der Waals surface area contributed by atoms with E-state index in [0.29, 0.717) is 13.2 Å². The first-order valence-electron chi connectivity index (χ1n) is 5.22. The van der Waals surface area contributed by atoms with E-state index in [1.165, 1.54) is 0 Å². The molecule has 0 amide bonds. The lowest BCUT2D eigenvalue weighted by atomic mass is 10.2. The summed E-state index contributed by atoms with van der Waals surface area (Å²) >= 11 is 0. The van der Waals surface area contributed by atoms with Crippen molar-refractivity contribution in [2.24, 2.45) is 0 Å². The van der Waals surface area contributed by atoms with Crippen molar-refractivity contribution < 1.29 is 9.47 Å². The van der Waals surface area contributed by atoms with Gasteiger partial charge in [0, 0.05) is 23.7 Å². The molecule has 0 saturated heterocycles. The van der Waals surface area contributed by atoms with Crippen LogP contribution in [-0.4, -0.2) is 18.2 Å². The summed E-state index contributed by atoms with van der Waals surface area (Å²) in [6.45, 7) is 5.28. The number of fused-ring (bicyclic) bond motifs is 1. The second-order valence-corrected chi connectivity index (χ2v) is 3.23. The van der Waals surface area contributed by atoms with Crippen molar-refractivity contribution >= 4 is 10.9 Å². The predicted molar refractivity (Wildman–Crippen MR) is 60.6 cm³/mol. The van der Waals surface area contributed by atoms with Crippen LogP contribution in [0.1, 0.15) is 13.8 Å². The monoisotopic (exact) mass is 205 g/mol. The van der Waals surface area contributed by atoms with Crippen molar-refractivity contribution in [3.63, 3.8) is 0 Å². The Labute approximate surface area is 89.0 Å². The van der Waals surface area contributed by atoms with Crippen LogP contribution in [-0.2, 0) is 0 Å². The maximum Gasteiger partial charge on any atom is 0.132 e. The highest BCUT2D eigenvalue weighted by Gasteiger charge is 2.06. The molecule has 0 aliphatic heterocycles. The van der Waals surface area contributed by atoms with Crippen LogP contribution < -0.4 is 9.47 Å². The van der Waals surface area contributed by atoms with Crippen LogP contribution >= 0.6 is 0 Å². The lowest BCUT2D eigenvalue weighted by Gasteiger charge is -2.08. The molecule has 2 aromatic rings. The van der Waals surface area contributed by atoms with Crippen molar-refractivity contribution in [3.8, 4) is 11.5 Å². The van der Waals surface area contributed by atoms with Crippen molar-refractivity contribution in [2.75, 3.05) is 13.2 Å². The molecule has 0 fully saturated rings. The fourth-order valence-electron chi connectivity index (χ4n) is 1.63. The van der Waals surface area contributed by atoms with Gasteiger partial charge in [-0.2, -0.15) is 0 Å². The van der Waals surface area contributed by atoms with E-state index in [2.05, 4.69) is 4.98 Å². The largest absolute Gasteiger partial charge is 0.494 e. The third-order valence-corrected chi connectivity index (χ3v) is 2.22. The number of rotatable bonds is 4. The molecular weight excluding hydrogens is 190 g/mol. The first-order chi connectivity index (χ1) is 7.35. The van der Waals surface area contributed by atoms with Crippen molar-refractivity contribution in [1.29, 1.82) is 0 Å². The van der Waals surface area contributed by atoms with Crippen LogP contribution in [0.5, 0.6) is 11.5 Å². The first-order valence-corrected chi connectivity index (χ1v) is 5.22. The van der Waals surface area contributed by atoms with Crippen molar-refractivity contribution in [1.82, 2.24) is 4.98 Å². The maximum absolute atomic E-state index is 5.56. The van der Waals surface area contributed by atoms with Gasteiger partial charge in [-0.15, -0.1) is 0 Å². The first kappa shape index (κ1) is 9.90. The average Bonchev–Trinajstić information content (AvgIpc) is 2.67. The molecule has 80 valence electrons. The Kier molecular flexibility index (Phi) is 2.81. The van der Waals surface area contributed by atoms with E-state index in [-0.39, 0.29) is 0 Å². The maximum atomic E-state index is 5.56. The average molecular weight is 205 g/mol. The van der Waals surface area contributed by atoms with Gasteiger partial charge >= 0.3 is 0 Å². The normalized spacial score (nSPS) is 10.5. The summed E-state index contributed by atoms with van der Waals surface area (Å²) in [7, 11) is 0. The second kappa shape index (κ2) is 4.26. The molecule has 0 saturated carbocycles. The number of aromatic nitrogens is 1. The van der Waals surface area contributed by atoms with Gasteiger partial charge in [-0.05, 0) is 19.9 Å². The molecule has 1 aromatic carbocycles. The molecule has 1 heterocycles. The van der Waals surface area contributed by atoms with E-state index in [9.17, 15) is 0 Å². The lowest BCUT2D eigenvalue weighted by molar-refractivity contribution is 0.326. The summed E-state index contributed by atoms with van der Waals surface area (Å²) in [5.41, 5.74) is 1.05. The number of hydrogen-bond donors (Lipinski definition) is 1. The quantitative estimate of drug-likeness (QED) is 0.832. The zero-order valence-corrected chi connectivity index (χ0v) is 9.04. The van der Waals surface area contributed by atoms with Gasteiger partial charge in [-0.1, -0.05) is 0 Å². The van der Waals surface area contributed by atoms with Gasteiger partial charge in [0.25, 0.3) is 0 Å². The van der Waals surface area contributed by atoms with E-state index >= 15 is 0 Å². The fourth-order valence-corrected chi connectivity index (χ4v) is 1.63. The highest BCUT2D eigenvalue weighted by Crippen LogP contribution is 2.30. The van der Waals surface area contributed by atoms with Crippen LogP contribution in [0, 0.1) is 0 Å². The number of ether oxygens (including phenoxy) is 2. The Morgan fingerprint density at radius 2 is 1.93 bits per heavy atom. The van der Waals surface area contributed by atoms with E-state index in [1.54, 1.807) is 0 Å². The number of aromatic amines is 1. The van der Waals surface area contributed by atoms with Gasteiger partial charge in [-0.3, -0.25) is 0 Å². The minimum absolute atomic E-state index is 0.663. The Bertz CT molecular complexity index is 448. The number of hydrogen-bond acceptors (Lipinski definition) is 2. The molecule has 3 heteroatoms. The van der Waals surface area contributed by atoms with Gasteiger partial charge in [0.1, 0.15) is 11.5 Å². The molecule has 2 rings (SSSR count). The molecule has 15 heavy (non-hydrogen) atoms. The molecule has 0 bridgehead atoms. The molecule has 0 unspecified atom stereocenters. The van der Waals surface area contributed by atoms with Crippen LogP contribution in [0.2, 0.25) is 0 Å². The molecular formula is C12H15NO2. The standard InChI is InChI=1S/C12H15NO2/c1-3-14-9-7-11-10(5-6-13-11)12(8-9)15-4-2/h5-8,13H,3-4H2,1-2H3. The molecule has 0 aliphatic carbocycles. The molecule has 0 aliphatic rings. The van der Waals surface area contributed by atoms with Crippen LogP contribution in [0.4, 0.5) is 0 Å². The minimum atomic E-state index is 0.663. The van der Waals surface area contributed by atoms with Gasteiger partial charge in [0.2, 0.25) is 0 Å². The molecule has 1 N–H and O–H groups in total. The smallest absolute Gasteiger partial charge is 0.132 e. The Hall–Kier alpha value is -1.64. The van der Waals surface area contributed by atoms with E-state index < -0.39 is 0 Å². The number of benzene rings is 1. The van der Waals surface area contributed by atoms with Crippen molar-refractivity contribution in [2.45, 2.75) is 13.8 Å². The Morgan fingerprint density at radius 1 is 1.13 bits per heavy atom. The SMILES string of the molecule is CCOc1cc(OCC)c2cc[nH]c2c1. The molecule has 3 nitrogen and oxygen atoms in total. The summed E-state index contributed by atoms with van der Waals surface area (Å²) in [5, 5.41) is 1.10. The Morgan fingerprint density at radius 3 is 2.67 bits per heavy atom. The van der Waals surface area contributed by atoms with Gasteiger partial charge in [-0.25, -0.2) is 0 Å². The lowest BCUT2D eigenvalue weighted by Crippen LogP contribution is -1.95. The van der Waals surface area contributed by atoms with Crippen LogP contribution in [0.15, 0.2) is 24.4 Å². The zero-order chi connectivity index (χ0) is 10.7. The van der Waals surface area contributed by atoms with Gasteiger partial charge in [0.05, 0.1) is 18.7 Å². The minimum Gasteiger partial charge on any atom is -0.494 e. The van der Waals surface area contributed by atoms with Crippen LogP contribution in [0.25, 0.3) is 10.9 Å². The van der Waals surface area contributed by atoms with Crippen LogP contribution in [0.3, 0.4) is 0 Å². The molecule has 1 aromatic heterocycles. The van der Waals surface area contributed by atoms with E-state index in [0.717, 1.165) is 22.4 Å². The summed E-state index contributed by atoms with van der Waals surface area (Å²) in [6.07, 6.45) is 1.91. The molecule has 0 spiro atoms. The summed E-state index contributed by atoms with van der Waals surface area (Å²) in [6, 6.07) is 5.93. The van der Waals surface area contributed by atoms with Crippen molar-refractivity contribution in [3.05, 3.63) is 24.4 Å². The predicted octanol–water partition coefficient (Wildman–Crippen LogP) is 2.97. The zero-order valence-electron chi connectivity index (χ0n) is 9.04. The summed E-state index contributed by atoms with van der Waals surface area (Å²) in [5.74, 6) is 1.72. The van der Waals surface area contributed by atoms with Gasteiger partial charge in [0.15, 0.2) is 0 Å². The van der Waals surface area contributed by atoms with Gasteiger partial charge < -0.3 is 14.5 Å². The highest BCUT2D eigenvalue weighted by atomic mass is 16.5. The second-order valence-electron chi connectivity index (χ2n) is 3.23. The summed E-state index contributed by atoms with van der Waals surface area (Å²) < 4.78 is 11.0. The van der Waals surface area contributed by atoms with E-state index in [1.807, 2.05) is 38.2 Å². The molecule has 0 atom stereocenters. The number of H-pyrrole nitrogens is 1. The third kappa shape index (κ3) is 1.91. The Balaban J connectivity index is 2.48. The van der Waals surface area contributed by atoms with E-state index in [4.69, 9.17) is 9.47 Å². The topological polar surface area (TPSA) is 34.2 Å². The third-order valence-electron chi connectivity index (χ3n) is 2.22. The highest BCUT2D eigenvalue weighted by molar-refractivity contribution is 5.87. The summed E-state index contributed by atoms with van der Waals surface area (Å²) in [4.78, 5) is 3.16. The fraction of sp³-hybridized carbons (Fsp3) is 0.333. The molecule has 0 radical (unpaired) electrons.